The van der Waals surface area contributed by atoms with Crippen molar-refractivity contribution in [2.75, 3.05) is 32.5 Å². The van der Waals surface area contributed by atoms with Gasteiger partial charge in [-0.3, -0.25) is 9.59 Å². The zero-order chi connectivity index (χ0) is 17.5. The summed E-state index contributed by atoms with van der Waals surface area (Å²) in [4.78, 5) is 26.3. The summed E-state index contributed by atoms with van der Waals surface area (Å²) in [6.45, 7) is 1.36. The summed E-state index contributed by atoms with van der Waals surface area (Å²) in [5.74, 6) is -0.365. The zero-order valence-electron chi connectivity index (χ0n) is 13.7. The molecule has 0 aromatic heterocycles. The highest BCUT2D eigenvalue weighted by molar-refractivity contribution is 9.10. The minimum absolute atomic E-state index is 0.144. The van der Waals surface area contributed by atoms with E-state index in [0.29, 0.717) is 23.4 Å². The molecule has 126 valence electrons. The summed E-state index contributed by atoms with van der Waals surface area (Å²) in [6.07, 6.45) is 0. The van der Waals surface area contributed by atoms with Crippen molar-refractivity contribution in [2.45, 2.75) is 0 Å². The Morgan fingerprint density at radius 2 is 1.54 bits per heavy atom. The van der Waals surface area contributed by atoms with Gasteiger partial charge < -0.3 is 15.5 Å². The van der Waals surface area contributed by atoms with Crippen LogP contribution in [0, 0.1) is 0 Å². The van der Waals surface area contributed by atoms with Gasteiger partial charge in [-0.15, -0.1) is 0 Å². The van der Waals surface area contributed by atoms with E-state index in [1.165, 1.54) is 0 Å². The molecular weight excluding hydrogens is 370 g/mol. The van der Waals surface area contributed by atoms with Gasteiger partial charge in [0.15, 0.2) is 0 Å². The SMILES string of the molecule is CN(C)CCNC(=O)c1ccc(C(=O)Nc2ccccc2Br)cc1. The lowest BCUT2D eigenvalue weighted by Gasteiger charge is -2.11. The predicted octanol–water partition coefficient (Wildman–Crippen LogP) is 2.99. The minimum Gasteiger partial charge on any atom is -0.351 e. The molecule has 0 aliphatic rings. The van der Waals surface area contributed by atoms with Crippen LogP contribution in [0.5, 0.6) is 0 Å². The molecule has 0 fully saturated rings. The van der Waals surface area contributed by atoms with Crippen molar-refractivity contribution in [1.82, 2.24) is 10.2 Å². The first kappa shape index (κ1) is 18.2. The van der Waals surface area contributed by atoms with Crippen LogP contribution in [0.3, 0.4) is 0 Å². The molecule has 2 N–H and O–H groups in total. The molecule has 0 aliphatic carbocycles. The monoisotopic (exact) mass is 389 g/mol. The van der Waals surface area contributed by atoms with Crippen LogP contribution >= 0.6 is 15.9 Å². The number of benzene rings is 2. The normalized spacial score (nSPS) is 10.5. The molecule has 0 saturated heterocycles. The van der Waals surface area contributed by atoms with E-state index in [-0.39, 0.29) is 11.8 Å². The molecule has 0 radical (unpaired) electrons. The Kier molecular flexibility index (Phi) is 6.52. The van der Waals surface area contributed by atoms with E-state index in [1.807, 2.05) is 43.3 Å². The lowest BCUT2D eigenvalue weighted by molar-refractivity contribution is 0.0949. The zero-order valence-corrected chi connectivity index (χ0v) is 15.3. The van der Waals surface area contributed by atoms with E-state index >= 15 is 0 Å². The van der Waals surface area contributed by atoms with Crippen molar-refractivity contribution in [2.24, 2.45) is 0 Å². The van der Waals surface area contributed by atoms with Crippen molar-refractivity contribution < 1.29 is 9.59 Å². The fourth-order valence-electron chi connectivity index (χ4n) is 2.03. The van der Waals surface area contributed by atoms with Gasteiger partial charge in [0.2, 0.25) is 0 Å². The summed E-state index contributed by atoms with van der Waals surface area (Å²) in [6, 6.07) is 14.0. The number of carbonyl (C=O) groups is 2. The van der Waals surface area contributed by atoms with Crippen LogP contribution in [0.2, 0.25) is 0 Å². The van der Waals surface area contributed by atoms with Crippen LogP contribution in [0.25, 0.3) is 0 Å². The maximum absolute atomic E-state index is 12.3. The number of amides is 2. The summed E-state index contributed by atoms with van der Waals surface area (Å²) < 4.78 is 0.815. The number of likely N-dealkylation sites (N-methyl/N-ethyl adjacent to an activating group) is 1. The third kappa shape index (κ3) is 5.18. The van der Waals surface area contributed by atoms with Gasteiger partial charge in [-0.25, -0.2) is 0 Å². The summed E-state index contributed by atoms with van der Waals surface area (Å²) in [5.41, 5.74) is 1.73. The molecule has 0 heterocycles. The fourth-order valence-corrected chi connectivity index (χ4v) is 2.41. The van der Waals surface area contributed by atoms with Crippen molar-refractivity contribution in [3.63, 3.8) is 0 Å². The number of rotatable bonds is 6. The van der Waals surface area contributed by atoms with Gasteiger partial charge >= 0.3 is 0 Å². The Balaban J connectivity index is 1.97. The van der Waals surface area contributed by atoms with Gasteiger partial charge in [-0.2, -0.15) is 0 Å². The van der Waals surface area contributed by atoms with Crippen LogP contribution < -0.4 is 10.6 Å². The molecule has 0 aliphatic heterocycles. The molecule has 2 rings (SSSR count). The van der Waals surface area contributed by atoms with E-state index < -0.39 is 0 Å². The Labute approximate surface area is 150 Å². The van der Waals surface area contributed by atoms with Crippen molar-refractivity contribution in [3.05, 3.63) is 64.1 Å². The van der Waals surface area contributed by atoms with Gasteiger partial charge in [0.25, 0.3) is 11.8 Å². The van der Waals surface area contributed by atoms with Crippen molar-refractivity contribution >= 4 is 33.4 Å². The number of para-hydroxylation sites is 1. The summed E-state index contributed by atoms with van der Waals surface area (Å²) in [5, 5.41) is 5.67. The van der Waals surface area contributed by atoms with E-state index in [4.69, 9.17) is 0 Å². The van der Waals surface area contributed by atoms with E-state index in [2.05, 4.69) is 26.6 Å². The highest BCUT2D eigenvalue weighted by Crippen LogP contribution is 2.21. The second kappa shape index (κ2) is 8.61. The smallest absolute Gasteiger partial charge is 0.255 e. The molecule has 0 bridgehead atoms. The highest BCUT2D eigenvalue weighted by Gasteiger charge is 2.10. The van der Waals surface area contributed by atoms with Gasteiger partial charge in [0.1, 0.15) is 0 Å². The topological polar surface area (TPSA) is 61.4 Å². The van der Waals surface area contributed by atoms with E-state index in [1.54, 1.807) is 24.3 Å². The van der Waals surface area contributed by atoms with Crippen molar-refractivity contribution in [3.8, 4) is 0 Å². The maximum Gasteiger partial charge on any atom is 0.255 e. The van der Waals surface area contributed by atoms with Gasteiger partial charge in [0.05, 0.1) is 5.69 Å². The van der Waals surface area contributed by atoms with E-state index in [9.17, 15) is 9.59 Å². The van der Waals surface area contributed by atoms with Crippen LogP contribution in [0.15, 0.2) is 53.0 Å². The van der Waals surface area contributed by atoms with E-state index in [0.717, 1.165) is 11.0 Å². The first-order valence-corrected chi connectivity index (χ1v) is 8.35. The standard InChI is InChI=1S/C18H20BrN3O2/c1-22(2)12-11-20-17(23)13-7-9-14(10-8-13)18(24)21-16-6-4-3-5-15(16)19/h3-10H,11-12H2,1-2H3,(H,20,23)(H,21,24). The Hall–Kier alpha value is -2.18. The lowest BCUT2D eigenvalue weighted by atomic mass is 10.1. The van der Waals surface area contributed by atoms with Gasteiger partial charge in [-0.05, 0) is 66.4 Å². The largest absolute Gasteiger partial charge is 0.351 e. The van der Waals surface area contributed by atoms with Crippen LogP contribution in [0.4, 0.5) is 5.69 Å². The number of hydrogen-bond donors (Lipinski definition) is 2. The third-order valence-corrected chi connectivity index (χ3v) is 4.07. The lowest BCUT2D eigenvalue weighted by Crippen LogP contribution is -2.31. The average Bonchev–Trinajstić information content (AvgIpc) is 2.56. The molecule has 6 heteroatoms. The molecule has 2 aromatic rings. The highest BCUT2D eigenvalue weighted by atomic mass is 79.9. The third-order valence-electron chi connectivity index (χ3n) is 3.38. The van der Waals surface area contributed by atoms with Crippen molar-refractivity contribution in [1.29, 1.82) is 0 Å². The molecule has 0 unspecified atom stereocenters. The summed E-state index contributed by atoms with van der Waals surface area (Å²) >= 11 is 3.39. The second-order valence-corrected chi connectivity index (χ2v) is 6.42. The molecule has 0 spiro atoms. The first-order valence-electron chi connectivity index (χ1n) is 7.56. The molecule has 0 saturated carbocycles. The van der Waals surface area contributed by atoms with Gasteiger partial charge in [-0.1, -0.05) is 12.1 Å². The molecule has 5 nitrogen and oxygen atoms in total. The molecule has 2 aromatic carbocycles. The molecule has 0 atom stereocenters. The Morgan fingerprint density at radius 3 is 2.12 bits per heavy atom. The molecule has 2 amide bonds. The first-order chi connectivity index (χ1) is 11.5. The second-order valence-electron chi connectivity index (χ2n) is 5.57. The Morgan fingerprint density at radius 1 is 0.958 bits per heavy atom. The van der Waals surface area contributed by atoms with Crippen LogP contribution in [-0.4, -0.2) is 43.9 Å². The fraction of sp³-hybridized carbons (Fsp3) is 0.222. The number of nitrogens with one attached hydrogen (secondary N) is 2. The average molecular weight is 390 g/mol. The van der Waals surface area contributed by atoms with Crippen LogP contribution in [0.1, 0.15) is 20.7 Å². The number of anilines is 1. The predicted molar refractivity (Wildman–Crippen MR) is 99.4 cm³/mol. The number of carbonyl (C=O) groups excluding carboxylic acids is 2. The molecule has 24 heavy (non-hydrogen) atoms. The number of nitrogens with zero attached hydrogens (tertiary/aromatic N) is 1. The Bertz CT molecular complexity index is 714. The maximum atomic E-state index is 12.3. The molecular formula is C18H20BrN3O2. The number of halogens is 1. The summed E-state index contributed by atoms with van der Waals surface area (Å²) in [7, 11) is 3.90. The number of hydrogen-bond acceptors (Lipinski definition) is 3. The quantitative estimate of drug-likeness (QED) is 0.797. The minimum atomic E-state index is -0.221. The van der Waals surface area contributed by atoms with Gasteiger partial charge in [0, 0.05) is 28.7 Å². The van der Waals surface area contributed by atoms with Crippen LogP contribution in [-0.2, 0) is 0 Å².